The van der Waals surface area contributed by atoms with Crippen LogP contribution in [0, 0.1) is 5.92 Å². The van der Waals surface area contributed by atoms with Crippen LogP contribution in [-0.2, 0) is 20.8 Å². The topological polar surface area (TPSA) is 142 Å². The Bertz CT molecular complexity index is 1390. The minimum Gasteiger partial charge on any atom is -0.481 e. The van der Waals surface area contributed by atoms with Crippen molar-refractivity contribution in [3.8, 4) is 0 Å². The van der Waals surface area contributed by atoms with Crippen LogP contribution in [0.1, 0.15) is 54.6 Å². The summed E-state index contributed by atoms with van der Waals surface area (Å²) in [6, 6.07) is 8.07. The van der Waals surface area contributed by atoms with E-state index in [1.165, 1.54) is 12.3 Å². The zero-order chi connectivity index (χ0) is 26.8. The number of aromatic nitrogens is 1. The summed E-state index contributed by atoms with van der Waals surface area (Å²) in [6.45, 7) is 0.779. The number of furan rings is 1. The number of nitrogens with zero attached hydrogens (tertiary/aromatic N) is 2. The molecule has 11 heteroatoms. The number of fused-ring (bicyclic) bond motifs is 1. The fourth-order valence-corrected chi connectivity index (χ4v) is 5.38. The van der Waals surface area contributed by atoms with E-state index >= 15 is 0 Å². The Morgan fingerprint density at radius 1 is 1.11 bits per heavy atom. The van der Waals surface area contributed by atoms with Crippen LogP contribution < -0.4 is 10.6 Å². The standard InChI is InChI=1S/C27H27ClN4O6/c28-17-6-10-21(29-14-17)30-27(37)25-24(19-12-15(13-23(34)35)3-9-20(19)38-25)31-26(36)16-4-7-18(8-5-16)32-11-1-2-22(32)33/h3,6,9-10,12,14,16,18H,1-2,4-5,7-8,11,13H2,(H,31,36)(H,34,35)(H,29,30,37). The van der Waals surface area contributed by atoms with Crippen LogP contribution in [0.25, 0.3) is 11.0 Å². The second kappa shape index (κ2) is 10.8. The number of carboxylic acid groups (broad SMARTS) is 1. The van der Waals surface area contributed by atoms with Crippen LogP contribution >= 0.6 is 11.6 Å². The number of hydrogen-bond donors (Lipinski definition) is 3. The Morgan fingerprint density at radius 3 is 2.55 bits per heavy atom. The molecule has 1 aliphatic carbocycles. The van der Waals surface area contributed by atoms with Gasteiger partial charge in [0.15, 0.2) is 0 Å². The summed E-state index contributed by atoms with van der Waals surface area (Å²) in [6.07, 6.45) is 5.38. The summed E-state index contributed by atoms with van der Waals surface area (Å²) in [7, 11) is 0. The molecule has 0 radical (unpaired) electrons. The molecule has 0 unspecified atom stereocenters. The molecule has 3 N–H and O–H groups in total. The third-order valence-electron chi connectivity index (χ3n) is 7.15. The summed E-state index contributed by atoms with van der Waals surface area (Å²) in [4.78, 5) is 55.9. The molecule has 1 saturated heterocycles. The van der Waals surface area contributed by atoms with Crippen molar-refractivity contribution in [2.45, 2.75) is 51.0 Å². The van der Waals surface area contributed by atoms with Gasteiger partial charge in [0.2, 0.25) is 17.6 Å². The van der Waals surface area contributed by atoms with Crippen molar-refractivity contribution in [2.75, 3.05) is 17.2 Å². The van der Waals surface area contributed by atoms with Gasteiger partial charge in [-0.15, -0.1) is 0 Å². The zero-order valence-electron chi connectivity index (χ0n) is 20.5. The first-order valence-electron chi connectivity index (χ1n) is 12.6. The second-order valence-corrected chi connectivity index (χ2v) is 10.1. The Labute approximate surface area is 223 Å². The quantitative estimate of drug-likeness (QED) is 0.402. The molecule has 2 aliphatic rings. The van der Waals surface area contributed by atoms with E-state index in [1.54, 1.807) is 24.3 Å². The molecule has 2 aromatic heterocycles. The van der Waals surface area contributed by atoms with Gasteiger partial charge in [-0.3, -0.25) is 19.2 Å². The highest BCUT2D eigenvalue weighted by atomic mass is 35.5. The summed E-state index contributed by atoms with van der Waals surface area (Å²) >= 11 is 5.88. The maximum absolute atomic E-state index is 13.3. The average molecular weight is 539 g/mol. The first kappa shape index (κ1) is 25.7. The smallest absolute Gasteiger partial charge is 0.307 e. The van der Waals surface area contributed by atoms with Gasteiger partial charge < -0.3 is 25.1 Å². The van der Waals surface area contributed by atoms with Gasteiger partial charge >= 0.3 is 5.97 Å². The Morgan fingerprint density at radius 2 is 1.89 bits per heavy atom. The van der Waals surface area contributed by atoms with E-state index in [4.69, 9.17) is 16.0 Å². The SMILES string of the molecule is O=C(O)Cc1ccc2oc(C(=O)Nc3ccc(Cl)cn3)c(NC(=O)C3CCC(N4CCCC4=O)CC3)c2c1. The maximum atomic E-state index is 13.3. The number of benzene rings is 1. The largest absolute Gasteiger partial charge is 0.481 e. The van der Waals surface area contributed by atoms with Crippen molar-refractivity contribution < 1.29 is 28.7 Å². The zero-order valence-corrected chi connectivity index (χ0v) is 21.3. The molecule has 38 heavy (non-hydrogen) atoms. The highest BCUT2D eigenvalue weighted by Gasteiger charge is 2.34. The molecule has 3 aromatic rings. The van der Waals surface area contributed by atoms with Gasteiger partial charge in [0.1, 0.15) is 17.1 Å². The molecule has 0 atom stereocenters. The Kier molecular flexibility index (Phi) is 7.33. The number of hydrogen-bond acceptors (Lipinski definition) is 6. The number of likely N-dealkylation sites (tertiary alicyclic amines) is 1. The van der Waals surface area contributed by atoms with E-state index in [-0.39, 0.29) is 47.5 Å². The molecule has 2 fully saturated rings. The fourth-order valence-electron chi connectivity index (χ4n) is 5.27. The molecule has 0 spiro atoms. The number of carboxylic acids is 1. The Balaban J connectivity index is 1.38. The summed E-state index contributed by atoms with van der Waals surface area (Å²) in [5.74, 6) is -1.84. The predicted octanol–water partition coefficient (Wildman–Crippen LogP) is 4.48. The predicted molar refractivity (Wildman–Crippen MR) is 140 cm³/mol. The van der Waals surface area contributed by atoms with E-state index in [2.05, 4.69) is 15.6 Å². The highest BCUT2D eigenvalue weighted by molar-refractivity contribution is 6.30. The molecule has 1 saturated carbocycles. The average Bonchev–Trinajstić information content (AvgIpc) is 3.48. The fraction of sp³-hybridized carbons (Fsp3) is 0.370. The van der Waals surface area contributed by atoms with E-state index in [1.807, 2.05) is 4.90 Å². The molecule has 198 valence electrons. The lowest BCUT2D eigenvalue weighted by molar-refractivity contribution is -0.136. The second-order valence-electron chi connectivity index (χ2n) is 9.71. The van der Waals surface area contributed by atoms with Crippen LogP contribution in [-0.4, -0.2) is 51.3 Å². The lowest BCUT2D eigenvalue weighted by Crippen LogP contribution is -2.40. The van der Waals surface area contributed by atoms with Crippen molar-refractivity contribution in [1.82, 2.24) is 9.88 Å². The van der Waals surface area contributed by atoms with Gasteiger partial charge in [0, 0.05) is 36.5 Å². The summed E-state index contributed by atoms with van der Waals surface area (Å²) < 4.78 is 5.83. The number of rotatable bonds is 7. The van der Waals surface area contributed by atoms with Gasteiger partial charge in [0.05, 0.1) is 11.4 Å². The molecular weight excluding hydrogens is 512 g/mol. The van der Waals surface area contributed by atoms with E-state index in [9.17, 15) is 24.3 Å². The molecule has 3 heterocycles. The minimum absolute atomic E-state index is 0.117. The van der Waals surface area contributed by atoms with Gasteiger partial charge in [-0.1, -0.05) is 17.7 Å². The monoisotopic (exact) mass is 538 g/mol. The number of anilines is 2. The lowest BCUT2D eigenvalue weighted by Gasteiger charge is -2.34. The van der Waals surface area contributed by atoms with Gasteiger partial charge in [-0.05, 0) is 61.9 Å². The molecule has 5 rings (SSSR count). The van der Waals surface area contributed by atoms with Crippen molar-refractivity contribution in [2.24, 2.45) is 5.92 Å². The number of aliphatic carboxylic acids is 1. The van der Waals surface area contributed by atoms with Crippen LogP contribution in [0.4, 0.5) is 11.5 Å². The summed E-state index contributed by atoms with van der Waals surface area (Å²) in [5.41, 5.74) is 1.02. The van der Waals surface area contributed by atoms with Crippen molar-refractivity contribution in [1.29, 1.82) is 0 Å². The van der Waals surface area contributed by atoms with Crippen molar-refractivity contribution >= 4 is 57.8 Å². The van der Waals surface area contributed by atoms with Gasteiger partial charge in [-0.2, -0.15) is 0 Å². The highest BCUT2D eigenvalue weighted by Crippen LogP contribution is 2.35. The van der Waals surface area contributed by atoms with Crippen LogP contribution in [0.15, 0.2) is 40.9 Å². The van der Waals surface area contributed by atoms with Crippen molar-refractivity contribution in [3.63, 3.8) is 0 Å². The molecule has 1 aliphatic heterocycles. The number of carbonyl (C=O) groups excluding carboxylic acids is 3. The Hall–Kier alpha value is -3.92. The summed E-state index contributed by atoms with van der Waals surface area (Å²) in [5, 5.41) is 15.6. The number of halogens is 1. The molecule has 3 amide bonds. The third-order valence-corrected chi connectivity index (χ3v) is 7.37. The first-order valence-corrected chi connectivity index (χ1v) is 13.0. The number of nitrogens with one attached hydrogen (secondary N) is 2. The minimum atomic E-state index is -1.00. The normalized spacial score (nSPS) is 19.5. The number of pyridine rings is 1. The molecule has 1 aromatic carbocycles. The van der Waals surface area contributed by atoms with Gasteiger partial charge in [-0.25, -0.2) is 4.98 Å². The molecule has 0 bridgehead atoms. The first-order chi connectivity index (χ1) is 18.3. The lowest BCUT2D eigenvalue weighted by atomic mass is 9.84. The molecule has 10 nitrogen and oxygen atoms in total. The van der Waals surface area contributed by atoms with E-state index in [0.29, 0.717) is 40.8 Å². The number of carbonyl (C=O) groups is 4. The third kappa shape index (κ3) is 5.50. The van der Waals surface area contributed by atoms with Crippen LogP contribution in [0.3, 0.4) is 0 Å². The van der Waals surface area contributed by atoms with E-state index in [0.717, 1.165) is 25.8 Å². The van der Waals surface area contributed by atoms with Crippen molar-refractivity contribution in [3.05, 3.63) is 52.9 Å². The maximum Gasteiger partial charge on any atom is 0.307 e. The van der Waals surface area contributed by atoms with Crippen LogP contribution in [0.5, 0.6) is 0 Å². The molecular formula is C27H27ClN4O6. The van der Waals surface area contributed by atoms with Crippen LogP contribution in [0.2, 0.25) is 5.02 Å². The van der Waals surface area contributed by atoms with Gasteiger partial charge in [0.25, 0.3) is 5.91 Å². The van der Waals surface area contributed by atoms with E-state index < -0.39 is 11.9 Å². The number of amides is 3.